The highest BCUT2D eigenvalue weighted by Crippen LogP contribution is 2.09. The van der Waals surface area contributed by atoms with Crippen LogP contribution in [0.5, 0.6) is 0 Å². The van der Waals surface area contributed by atoms with E-state index in [0.717, 1.165) is 0 Å². The van der Waals surface area contributed by atoms with E-state index in [0.29, 0.717) is 6.42 Å². The van der Waals surface area contributed by atoms with Gasteiger partial charge in [0.15, 0.2) is 6.79 Å². The Kier molecular flexibility index (Phi) is 8.27. The first kappa shape index (κ1) is 14.3. The van der Waals surface area contributed by atoms with Crippen molar-refractivity contribution in [1.82, 2.24) is 0 Å². The summed E-state index contributed by atoms with van der Waals surface area (Å²) in [6, 6.07) is 0. The molecule has 2 unspecified atom stereocenters. The molecule has 0 N–H and O–H groups in total. The molecule has 0 aromatic rings. The molecule has 15 heavy (non-hydrogen) atoms. The van der Waals surface area contributed by atoms with Crippen LogP contribution in [0, 0.1) is 13.0 Å². The summed E-state index contributed by atoms with van der Waals surface area (Å²) in [4.78, 5) is 11.4. The normalized spacial score (nSPS) is 14.7. The monoisotopic (exact) mass is 218 g/mol. The lowest BCUT2D eigenvalue weighted by atomic mass is 10.1. The molecule has 5 heteroatoms. The molecular formula is C10H18O5. The van der Waals surface area contributed by atoms with Crippen molar-refractivity contribution in [2.75, 3.05) is 13.4 Å². The Morgan fingerprint density at radius 2 is 2.13 bits per heavy atom. The average Bonchev–Trinajstić information content (AvgIpc) is 2.24. The van der Waals surface area contributed by atoms with Gasteiger partial charge in [-0.25, -0.2) is 5.11 Å². The third-order valence-electron chi connectivity index (χ3n) is 1.87. The summed E-state index contributed by atoms with van der Waals surface area (Å²) in [6.07, 6.45) is 0.175. The van der Waals surface area contributed by atoms with E-state index in [1.165, 1.54) is 0 Å². The SMILES string of the molecule is [CH2]OCOC(CC)OC(=O)C(C)CC[O]. The Labute approximate surface area is 90.3 Å². The third kappa shape index (κ3) is 6.43. The van der Waals surface area contributed by atoms with Crippen molar-refractivity contribution in [3.05, 3.63) is 7.11 Å². The number of carbonyl (C=O) groups is 1. The summed E-state index contributed by atoms with van der Waals surface area (Å²) in [5.74, 6) is -0.803. The van der Waals surface area contributed by atoms with Gasteiger partial charge in [0.25, 0.3) is 0 Å². The van der Waals surface area contributed by atoms with Crippen LogP contribution in [0.1, 0.15) is 26.7 Å². The maximum atomic E-state index is 11.4. The lowest BCUT2D eigenvalue weighted by molar-refractivity contribution is -0.200. The van der Waals surface area contributed by atoms with Crippen LogP contribution in [-0.2, 0) is 24.1 Å². The van der Waals surface area contributed by atoms with Gasteiger partial charge in [-0.3, -0.25) is 4.79 Å². The van der Waals surface area contributed by atoms with Gasteiger partial charge in [0.1, 0.15) is 0 Å². The van der Waals surface area contributed by atoms with Gasteiger partial charge in [0.2, 0.25) is 6.29 Å². The van der Waals surface area contributed by atoms with Crippen molar-refractivity contribution in [3.63, 3.8) is 0 Å². The van der Waals surface area contributed by atoms with Gasteiger partial charge < -0.3 is 14.2 Å². The van der Waals surface area contributed by atoms with E-state index < -0.39 is 12.3 Å². The van der Waals surface area contributed by atoms with Gasteiger partial charge in [-0.2, -0.15) is 0 Å². The number of hydrogen-bond donors (Lipinski definition) is 0. The Morgan fingerprint density at radius 3 is 2.60 bits per heavy atom. The average molecular weight is 218 g/mol. The lowest BCUT2D eigenvalue weighted by Crippen LogP contribution is -2.25. The standard InChI is InChI=1S/C10H18O5/c1-4-9(14-7-13-3)15-10(12)8(2)5-6-11/h8-9H,3-7H2,1-2H3. The predicted molar refractivity (Wildman–Crippen MR) is 51.9 cm³/mol. The molecule has 2 radical (unpaired) electrons. The van der Waals surface area contributed by atoms with E-state index in [9.17, 15) is 9.90 Å². The van der Waals surface area contributed by atoms with Gasteiger partial charge in [-0.15, -0.1) is 0 Å². The molecule has 0 aliphatic carbocycles. The Balaban J connectivity index is 3.88. The van der Waals surface area contributed by atoms with Gasteiger partial charge >= 0.3 is 5.97 Å². The fourth-order valence-corrected chi connectivity index (χ4v) is 0.900. The molecule has 0 aromatic heterocycles. The predicted octanol–water partition coefficient (Wildman–Crippen LogP) is 1.50. The molecule has 0 aromatic carbocycles. The van der Waals surface area contributed by atoms with Crippen molar-refractivity contribution < 1.29 is 24.1 Å². The van der Waals surface area contributed by atoms with Crippen LogP contribution in [0.3, 0.4) is 0 Å². The topological polar surface area (TPSA) is 64.7 Å². The van der Waals surface area contributed by atoms with E-state index in [1.54, 1.807) is 6.92 Å². The minimum Gasteiger partial charge on any atom is -0.435 e. The van der Waals surface area contributed by atoms with Crippen LogP contribution in [0.2, 0.25) is 0 Å². The Hall–Kier alpha value is -0.650. The summed E-state index contributed by atoms with van der Waals surface area (Å²) >= 11 is 0. The molecule has 0 saturated heterocycles. The zero-order valence-corrected chi connectivity index (χ0v) is 9.23. The molecular weight excluding hydrogens is 200 g/mol. The number of carbonyl (C=O) groups excluding carboxylic acids is 1. The highest BCUT2D eigenvalue weighted by atomic mass is 16.8. The molecule has 88 valence electrons. The van der Waals surface area contributed by atoms with Crippen LogP contribution >= 0.6 is 0 Å². The lowest BCUT2D eigenvalue weighted by Gasteiger charge is -2.18. The molecule has 0 bridgehead atoms. The molecule has 0 aliphatic heterocycles. The number of ether oxygens (including phenoxy) is 3. The maximum absolute atomic E-state index is 11.4. The molecule has 0 aliphatic rings. The second kappa shape index (κ2) is 8.64. The first-order valence-corrected chi connectivity index (χ1v) is 4.92. The zero-order chi connectivity index (χ0) is 11.7. The van der Waals surface area contributed by atoms with E-state index in [1.807, 2.05) is 6.92 Å². The van der Waals surface area contributed by atoms with Crippen molar-refractivity contribution in [1.29, 1.82) is 0 Å². The summed E-state index contributed by atoms with van der Waals surface area (Å²) in [7, 11) is 3.13. The summed E-state index contributed by atoms with van der Waals surface area (Å²) in [5.41, 5.74) is 0. The fourth-order valence-electron chi connectivity index (χ4n) is 0.900. The van der Waals surface area contributed by atoms with Crippen LogP contribution < -0.4 is 0 Å². The minimum absolute atomic E-state index is 0.0261. The molecule has 0 amide bonds. The van der Waals surface area contributed by atoms with E-state index in [4.69, 9.17) is 9.47 Å². The molecule has 0 saturated carbocycles. The molecule has 0 rings (SSSR count). The quantitative estimate of drug-likeness (QED) is 0.457. The van der Waals surface area contributed by atoms with E-state index in [2.05, 4.69) is 11.8 Å². The molecule has 2 atom stereocenters. The minimum atomic E-state index is -0.631. The van der Waals surface area contributed by atoms with E-state index >= 15 is 0 Å². The van der Waals surface area contributed by atoms with Crippen molar-refractivity contribution >= 4 is 5.97 Å². The van der Waals surface area contributed by atoms with Gasteiger partial charge in [0, 0.05) is 6.42 Å². The molecule has 0 heterocycles. The van der Waals surface area contributed by atoms with Crippen LogP contribution in [0.15, 0.2) is 0 Å². The van der Waals surface area contributed by atoms with Crippen molar-refractivity contribution in [2.24, 2.45) is 5.92 Å². The highest BCUT2D eigenvalue weighted by molar-refractivity contribution is 5.72. The summed E-state index contributed by atoms with van der Waals surface area (Å²) in [5, 5.41) is 10.3. The van der Waals surface area contributed by atoms with Gasteiger partial charge in [0.05, 0.1) is 19.6 Å². The molecule has 0 fully saturated rings. The maximum Gasteiger partial charge on any atom is 0.311 e. The van der Waals surface area contributed by atoms with Crippen LogP contribution in [-0.4, -0.2) is 25.7 Å². The number of esters is 1. The molecule has 0 spiro atoms. The Morgan fingerprint density at radius 1 is 1.47 bits per heavy atom. The first-order valence-electron chi connectivity index (χ1n) is 4.92. The summed E-state index contributed by atoms with van der Waals surface area (Å²) < 4.78 is 14.5. The second-order valence-corrected chi connectivity index (χ2v) is 3.16. The van der Waals surface area contributed by atoms with Crippen LogP contribution in [0.25, 0.3) is 0 Å². The fraction of sp³-hybridized carbons (Fsp3) is 0.800. The second-order valence-electron chi connectivity index (χ2n) is 3.16. The largest absolute Gasteiger partial charge is 0.435 e. The van der Waals surface area contributed by atoms with Gasteiger partial charge in [-0.1, -0.05) is 13.8 Å². The van der Waals surface area contributed by atoms with Crippen LogP contribution in [0.4, 0.5) is 0 Å². The van der Waals surface area contributed by atoms with Crippen molar-refractivity contribution in [2.45, 2.75) is 33.0 Å². The smallest absolute Gasteiger partial charge is 0.311 e. The van der Waals surface area contributed by atoms with Gasteiger partial charge in [-0.05, 0) is 6.42 Å². The summed E-state index contributed by atoms with van der Waals surface area (Å²) in [6.45, 7) is 3.17. The Bertz CT molecular complexity index is 171. The number of rotatable bonds is 8. The van der Waals surface area contributed by atoms with E-state index in [-0.39, 0.29) is 25.7 Å². The zero-order valence-electron chi connectivity index (χ0n) is 9.23. The highest BCUT2D eigenvalue weighted by Gasteiger charge is 2.18. The number of hydrogen-bond acceptors (Lipinski definition) is 4. The third-order valence-corrected chi connectivity index (χ3v) is 1.87. The van der Waals surface area contributed by atoms with Crippen molar-refractivity contribution in [3.8, 4) is 0 Å². The first-order chi connectivity index (χ1) is 7.15. The molecule has 5 nitrogen and oxygen atoms in total.